The van der Waals surface area contributed by atoms with Crippen molar-refractivity contribution in [2.75, 3.05) is 30.4 Å². The predicted octanol–water partition coefficient (Wildman–Crippen LogP) is 2.68. The van der Waals surface area contributed by atoms with Crippen molar-refractivity contribution in [3.8, 4) is 0 Å². The highest BCUT2D eigenvalue weighted by molar-refractivity contribution is 5.94. The number of alkyl halides is 2. The number of rotatable bonds is 8. The third-order valence-corrected chi connectivity index (χ3v) is 5.18. The van der Waals surface area contributed by atoms with E-state index in [2.05, 4.69) is 33.0 Å². The second-order valence-corrected chi connectivity index (χ2v) is 7.70. The number of hydrazone groups is 1. The molecule has 172 valence electrons. The number of allylic oxidation sites excluding steroid dienone is 2. The monoisotopic (exact) mass is 454 g/mol. The second kappa shape index (κ2) is 9.68. The first-order valence-electron chi connectivity index (χ1n) is 10.3. The summed E-state index contributed by atoms with van der Waals surface area (Å²) in [7, 11) is 3.84. The average molecular weight is 454 g/mol. The zero-order valence-corrected chi connectivity index (χ0v) is 18.2. The van der Waals surface area contributed by atoms with Crippen molar-refractivity contribution < 1.29 is 18.3 Å². The Bertz CT molecular complexity index is 1100. The van der Waals surface area contributed by atoms with E-state index < -0.39 is 12.7 Å². The first-order valence-corrected chi connectivity index (χ1v) is 10.3. The Morgan fingerprint density at radius 2 is 2.03 bits per heavy atom. The van der Waals surface area contributed by atoms with Crippen LogP contribution >= 0.6 is 0 Å². The number of nitrogens with zero attached hydrogens (tertiary/aromatic N) is 4. The van der Waals surface area contributed by atoms with Gasteiger partial charge in [0.25, 0.3) is 6.43 Å². The van der Waals surface area contributed by atoms with E-state index in [1.165, 1.54) is 6.20 Å². The first-order chi connectivity index (χ1) is 16.0. The summed E-state index contributed by atoms with van der Waals surface area (Å²) in [6.07, 6.45) is 4.17. The number of nitrogens with one attached hydrogen (secondary N) is 2. The number of carbonyl (C=O) groups excluding carboxylic acids is 1. The van der Waals surface area contributed by atoms with E-state index in [9.17, 15) is 13.6 Å². The van der Waals surface area contributed by atoms with Gasteiger partial charge in [0.1, 0.15) is 0 Å². The molecule has 0 saturated carbocycles. The van der Waals surface area contributed by atoms with Crippen LogP contribution in [0.15, 0.2) is 60.0 Å². The number of hydrogen-bond donors (Lipinski definition) is 2. The molecule has 0 spiro atoms. The molecule has 3 heterocycles. The highest BCUT2D eigenvalue weighted by Crippen LogP contribution is 2.32. The van der Waals surface area contributed by atoms with Crippen molar-refractivity contribution in [1.82, 2.24) is 15.7 Å². The van der Waals surface area contributed by atoms with E-state index >= 15 is 0 Å². The number of amides is 1. The Hall–Kier alpha value is -3.95. The number of halogens is 2. The number of ether oxygens (including phenoxy) is 1. The summed E-state index contributed by atoms with van der Waals surface area (Å²) in [6, 6.07) is 9.30. The number of benzene rings is 1. The summed E-state index contributed by atoms with van der Waals surface area (Å²) in [5.74, 6) is 0.0534. The number of dihydropyridines is 1. The van der Waals surface area contributed by atoms with Gasteiger partial charge in [0.15, 0.2) is 0 Å². The number of anilines is 2. The third kappa shape index (κ3) is 4.94. The molecule has 10 heteroatoms. The Morgan fingerprint density at radius 1 is 1.21 bits per heavy atom. The second-order valence-electron chi connectivity index (χ2n) is 7.70. The van der Waals surface area contributed by atoms with Crippen LogP contribution in [0.25, 0.3) is 5.57 Å². The minimum atomic E-state index is -2.70. The van der Waals surface area contributed by atoms with E-state index in [1.807, 2.05) is 43.4 Å². The molecule has 2 aromatic rings. The van der Waals surface area contributed by atoms with Crippen molar-refractivity contribution in [2.45, 2.75) is 19.2 Å². The molecule has 2 aliphatic rings. The van der Waals surface area contributed by atoms with Gasteiger partial charge in [-0.15, -0.1) is 5.10 Å². The summed E-state index contributed by atoms with van der Waals surface area (Å²) in [5.41, 5.74) is 7.05. The van der Waals surface area contributed by atoms with Crippen LogP contribution in [0.3, 0.4) is 0 Å². The fourth-order valence-corrected chi connectivity index (χ4v) is 3.49. The normalized spacial score (nSPS) is 16.9. The first kappa shape index (κ1) is 22.3. The maximum Gasteiger partial charge on any atom is 0.294 e. The lowest BCUT2D eigenvalue weighted by atomic mass is 10.0. The zero-order valence-electron chi connectivity index (χ0n) is 18.2. The Morgan fingerprint density at radius 3 is 2.64 bits per heavy atom. The van der Waals surface area contributed by atoms with Crippen molar-refractivity contribution in [2.24, 2.45) is 5.10 Å². The minimum Gasteiger partial charge on any atom is -0.444 e. The molecule has 8 nitrogen and oxygen atoms in total. The summed E-state index contributed by atoms with van der Waals surface area (Å²) < 4.78 is 30.5. The van der Waals surface area contributed by atoms with Crippen LogP contribution in [-0.2, 0) is 16.1 Å². The van der Waals surface area contributed by atoms with Crippen LogP contribution in [0.4, 0.5) is 20.2 Å². The van der Waals surface area contributed by atoms with Crippen molar-refractivity contribution in [3.05, 3.63) is 71.7 Å². The van der Waals surface area contributed by atoms with E-state index in [4.69, 9.17) is 4.74 Å². The topological polar surface area (TPSA) is 82.1 Å². The molecule has 1 atom stereocenters. The van der Waals surface area contributed by atoms with Gasteiger partial charge in [-0.2, -0.15) is 0 Å². The van der Waals surface area contributed by atoms with Crippen LogP contribution in [0.2, 0.25) is 0 Å². The quantitative estimate of drug-likeness (QED) is 0.597. The number of hydrogen-bond acceptors (Lipinski definition) is 7. The Balaban J connectivity index is 1.52. The van der Waals surface area contributed by atoms with Gasteiger partial charge in [0.05, 0.1) is 29.2 Å². The van der Waals surface area contributed by atoms with Gasteiger partial charge < -0.3 is 19.9 Å². The van der Waals surface area contributed by atoms with Gasteiger partial charge >= 0.3 is 0 Å². The van der Waals surface area contributed by atoms with E-state index in [-0.39, 0.29) is 12.4 Å². The predicted molar refractivity (Wildman–Crippen MR) is 123 cm³/mol. The molecule has 1 aromatic carbocycles. The van der Waals surface area contributed by atoms with Crippen LogP contribution in [0.5, 0.6) is 0 Å². The standard InChI is InChI=1S/C23H24F2N6O2/c1-30(2)20-10-15(16-4-3-9-26-11-16)6-8-19(20)31(14-32)13-18-7-5-17(12-27-18)22-28-29-23(33-22)21(24)25/h3-8,10-12,14,21,23,26,29H,9,13H2,1-2H3. The summed E-state index contributed by atoms with van der Waals surface area (Å²) in [5, 5.41) is 6.98. The molecule has 33 heavy (non-hydrogen) atoms. The molecule has 0 fully saturated rings. The van der Waals surface area contributed by atoms with E-state index in [0.29, 0.717) is 11.3 Å². The van der Waals surface area contributed by atoms with Gasteiger partial charge in [-0.25, -0.2) is 8.78 Å². The fraction of sp³-hybridized carbons (Fsp3) is 0.261. The zero-order chi connectivity index (χ0) is 23.4. The molecule has 1 amide bonds. The molecule has 2 N–H and O–H groups in total. The van der Waals surface area contributed by atoms with Crippen molar-refractivity contribution >= 4 is 29.3 Å². The maximum absolute atomic E-state index is 12.7. The highest BCUT2D eigenvalue weighted by Gasteiger charge is 2.29. The molecule has 1 unspecified atom stereocenters. The SMILES string of the molecule is CN(C)c1cc(C2=CNCC=C2)ccc1N(C=O)Cc1ccc(C2=NNC(C(F)F)O2)cn1. The molecule has 0 aliphatic carbocycles. The summed E-state index contributed by atoms with van der Waals surface area (Å²) in [4.78, 5) is 19.9. The fourth-order valence-electron chi connectivity index (χ4n) is 3.49. The molecule has 0 radical (unpaired) electrons. The van der Waals surface area contributed by atoms with Gasteiger partial charge in [-0.1, -0.05) is 18.2 Å². The highest BCUT2D eigenvalue weighted by atomic mass is 19.3. The van der Waals surface area contributed by atoms with Crippen LogP contribution in [0.1, 0.15) is 16.8 Å². The summed E-state index contributed by atoms with van der Waals surface area (Å²) in [6.45, 7) is 1.04. The molecular formula is C23H24F2N6O2. The third-order valence-electron chi connectivity index (χ3n) is 5.18. The molecular weight excluding hydrogens is 430 g/mol. The van der Waals surface area contributed by atoms with Gasteiger partial charge in [-0.3, -0.25) is 15.2 Å². The van der Waals surface area contributed by atoms with E-state index in [0.717, 1.165) is 35.5 Å². The lowest BCUT2D eigenvalue weighted by Gasteiger charge is -2.25. The van der Waals surface area contributed by atoms with Gasteiger partial charge in [0.2, 0.25) is 18.5 Å². The Kier molecular flexibility index (Phi) is 6.53. The minimum absolute atomic E-state index is 0.0534. The van der Waals surface area contributed by atoms with Crippen molar-refractivity contribution in [3.63, 3.8) is 0 Å². The van der Waals surface area contributed by atoms with E-state index in [1.54, 1.807) is 17.0 Å². The number of carbonyl (C=O) groups is 1. The van der Waals surface area contributed by atoms with Crippen LogP contribution < -0.4 is 20.5 Å². The lowest BCUT2D eigenvalue weighted by Crippen LogP contribution is -2.30. The maximum atomic E-state index is 12.7. The molecule has 0 saturated heterocycles. The Labute approximate surface area is 190 Å². The number of pyridine rings is 1. The van der Waals surface area contributed by atoms with Crippen LogP contribution in [-0.4, -0.2) is 50.6 Å². The molecule has 1 aromatic heterocycles. The molecule has 0 bridgehead atoms. The van der Waals surface area contributed by atoms with Crippen LogP contribution in [0, 0.1) is 0 Å². The van der Waals surface area contributed by atoms with Gasteiger partial charge in [0, 0.05) is 33.0 Å². The molecule has 4 rings (SSSR count). The largest absolute Gasteiger partial charge is 0.444 e. The molecule has 2 aliphatic heterocycles. The summed E-state index contributed by atoms with van der Waals surface area (Å²) >= 11 is 0. The number of aromatic nitrogens is 1. The average Bonchev–Trinajstić information content (AvgIpc) is 3.34. The van der Waals surface area contributed by atoms with Crippen molar-refractivity contribution in [1.29, 1.82) is 0 Å². The van der Waals surface area contributed by atoms with Gasteiger partial charge in [-0.05, 0) is 35.4 Å². The smallest absolute Gasteiger partial charge is 0.294 e. The lowest BCUT2D eigenvalue weighted by molar-refractivity contribution is -0.107.